The van der Waals surface area contributed by atoms with E-state index >= 15 is 0 Å². The monoisotopic (exact) mass is 481 g/mol. The van der Waals surface area contributed by atoms with Crippen molar-refractivity contribution in [2.24, 2.45) is 5.16 Å². The number of aromatic nitrogens is 1. The van der Waals surface area contributed by atoms with Gasteiger partial charge in [-0.2, -0.15) is 4.98 Å². The van der Waals surface area contributed by atoms with Gasteiger partial charge in [0.25, 0.3) is 5.91 Å². The van der Waals surface area contributed by atoms with Gasteiger partial charge in [0.1, 0.15) is 24.9 Å². The van der Waals surface area contributed by atoms with Gasteiger partial charge in [0, 0.05) is 12.6 Å². The Hall–Kier alpha value is -2.84. The van der Waals surface area contributed by atoms with Crippen molar-refractivity contribution in [3.8, 4) is 5.88 Å². The summed E-state index contributed by atoms with van der Waals surface area (Å²) in [4.78, 5) is 33.9. The van der Waals surface area contributed by atoms with Gasteiger partial charge in [-0.1, -0.05) is 59.5 Å². The fourth-order valence-corrected chi connectivity index (χ4v) is 2.81. The standard InChI is InChI=1S/C22H25Cl2N3O5/c1-6-22(2,3)32-21(29)15-11-16(23)18(24)26-20(15)31-12-13-9-7-8-10-14(13)17(27-30-5)19(28)25-4/h7-11H,6,12H2,1-5H3,(H,25,28). The van der Waals surface area contributed by atoms with Crippen molar-refractivity contribution in [1.82, 2.24) is 10.3 Å². The number of nitrogens with zero attached hydrogens (tertiary/aromatic N) is 2. The van der Waals surface area contributed by atoms with Crippen LogP contribution in [-0.2, 0) is 21.0 Å². The predicted octanol–water partition coefficient (Wildman–Crippen LogP) is 4.41. The Morgan fingerprint density at radius 3 is 2.50 bits per heavy atom. The van der Waals surface area contributed by atoms with Crippen LogP contribution in [0.4, 0.5) is 0 Å². The molecule has 0 radical (unpaired) electrons. The summed E-state index contributed by atoms with van der Waals surface area (Å²) < 4.78 is 11.4. The second-order valence-corrected chi connectivity index (χ2v) is 8.03. The molecule has 8 nitrogen and oxygen atoms in total. The van der Waals surface area contributed by atoms with Crippen LogP contribution in [0.15, 0.2) is 35.5 Å². The van der Waals surface area contributed by atoms with Crippen LogP contribution in [0.3, 0.4) is 0 Å². The lowest BCUT2D eigenvalue weighted by Gasteiger charge is -2.23. The first-order valence-corrected chi connectivity index (χ1v) is 10.5. The van der Waals surface area contributed by atoms with Crippen molar-refractivity contribution >= 4 is 40.8 Å². The Bertz CT molecular complexity index is 1020. The van der Waals surface area contributed by atoms with Crippen LogP contribution in [0.2, 0.25) is 10.2 Å². The lowest BCUT2D eigenvalue weighted by Crippen LogP contribution is -2.29. The van der Waals surface area contributed by atoms with E-state index in [1.165, 1.54) is 20.2 Å². The number of halogens is 2. The Morgan fingerprint density at radius 2 is 1.88 bits per heavy atom. The third kappa shape index (κ3) is 6.34. The largest absolute Gasteiger partial charge is 0.472 e. The van der Waals surface area contributed by atoms with Crippen molar-refractivity contribution in [3.63, 3.8) is 0 Å². The van der Waals surface area contributed by atoms with Crippen LogP contribution in [0.1, 0.15) is 48.7 Å². The molecule has 2 aromatic rings. The average molecular weight is 482 g/mol. The summed E-state index contributed by atoms with van der Waals surface area (Å²) in [5, 5.41) is 6.41. The zero-order valence-corrected chi connectivity index (χ0v) is 20.0. The molecule has 0 spiro atoms. The minimum absolute atomic E-state index is 0.0201. The number of amides is 1. The number of hydrogen-bond donors (Lipinski definition) is 1. The van der Waals surface area contributed by atoms with Crippen LogP contribution < -0.4 is 10.1 Å². The van der Waals surface area contributed by atoms with Crippen LogP contribution >= 0.6 is 23.2 Å². The quantitative estimate of drug-likeness (QED) is 0.246. The third-order valence-electron chi connectivity index (χ3n) is 4.60. The smallest absolute Gasteiger partial charge is 0.344 e. The topological polar surface area (TPSA) is 99.1 Å². The highest BCUT2D eigenvalue weighted by Gasteiger charge is 2.26. The van der Waals surface area contributed by atoms with Crippen LogP contribution in [0.25, 0.3) is 0 Å². The first kappa shape index (κ1) is 25.4. The third-order valence-corrected chi connectivity index (χ3v) is 5.27. The molecule has 1 aromatic carbocycles. The molecular formula is C22H25Cl2N3O5. The molecule has 0 aliphatic carbocycles. The maximum atomic E-state index is 12.8. The van der Waals surface area contributed by atoms with E-state index in [9.17, 15) is 9.59 Å². The summed E-state index contributed by atoms with van der Waals surface area (Å²) in [7, 11) is 2.83. The van der Waals surface area contributed by atoms with Gasteiger partial charge in [-0.05, 0) is 31.9 Å². The first-order chi connectivity index (χ1) is 15.1. The van der Waals surface area contributed by atoms with E-state index in [0.717, 1.165) is 0 Å². The summed E-state index contributed by atoms with van der Waals surface area (Å²) in [6, 6.07) is 8.33. The van der Waals surface area contributed by atoms with E-state index in [2.05, 4.69) is 15.5 Å². The average Bonchev–Trinajstić information content (AvgIpc) is 2.77. The van der Waals surface area contributed by atoms with E-state index in [1.807, 2.05) is 6.92 Å². The van der Waals surface area contributed by atoms with Crippen molar-refractivity contribution in [3.05, 3.63) is 57.2 Å². The summed E-state index contributed by atoms with van der Waals surface area (Å²) in [6.07, 6.45) is 0.609. The number of pyridine rings is 1. The lowest BCUT2D eigenvalue weighted by molar-refractivity contribution is -0.114. The van der Waals surface area contributed by atoms with Crippen molar-refractivity contribution in [1.29, 1.82) is 0 Å². The molecule has 0 atom stereocenters. The molecule has 1 heterocycles. The highest BCUT2D eigenvalue weighted by atomic mass is 35.5. The number of nitrogens with one attached hydrogen (secondary N) is 1. The summed E-state index contributed by atoms with van der Waals surface area (Å²) in [6.45, 7) is 5.45. The number of carbonyl (C=O) groups is 2. The van der Waals surface area contributed by atoms with E-state index in [0.29, 0.717) is 17.5 Å². The van der Waals surface area contributed by atoms with Gasteiger partial charge in [-0.25, -0.2) is 4.79 Å². The van der Waals surface area contributed by atoms with Gasteiger partial charge in [-0.15, -0.1) is 0 Å². The maximum absolute atomic E-state index is 12.8. The van der Waals surface area contributed by atoms with Gasteiger partial charge in [0.2, 0.25) is 5.88 Å². The van der Waals surface area contributed by atoms with E-state index in [4.69, 9.17) is 37.5 Å². The number of esters is 1. The molecule has 1 aromatic heterocycles. The molecular weight excluding hydrogens is 457 g/mol. The lowest BCUT2D eigenvalue weighted by atomic mass is 10.0. The zero-order valence-electron chi connectivity index (χ0n) is 18.5. The Kier molecular flexibility index (Phi) is 8.86. The zero-order chi connectivity index (χ0) is 23.9. The maximum Gasteiger partial charge on any atom is 0.344 e. The number of rotatable bonds is 9. The van der Waals surface area contributed by atoms with Crippen LogP contribution in [0.5, 0.6) is 5.88 Å². The van der Waals surface area contributed by atoms with Crippen molar-refractivity contribution in [2.45, 2.75) is 39.4 Å². The SMILES string of the molecule is CCC(C)(C)OC(=O)c1cc(Cl)c(Cl)nc1OCc1ccccc1C(=NOC)C(=O)NC. The molecule has 2 rings (SSSR count). The number of hydrogen-bond acceptors (Lipinski definition) is 7. The van der Waals surface area contributed by atoms with Crippen LogP contribution in [-0.4, -0.2) is 42.3 Å². The van der Waals surface area contributed by atoms with Gasteiger partial charge in [0.15, 0.2) is 10.9 Å². The molecule has 32 heavy (non-hydrogen) atoms. The number of ether oxygens (including phenoxy) is 2. The Labute approximate surface area is 196 Å². The summed E-state index contributed by atoms with van der Waals surface area (Å²) >= 11 is 12.1. The Balaban J connectivity index is 2.40. The molecule has 0 bridgehead atoms. The van der Waals surface area contributed by atoms with Gasteiger partial charge in [0.05, 0.1) is 5.02 Å². The molecule has 0 unspecified atom stereocenters. The second-order valence-electron chi connectivity index (χ2n) is 7.26. The molecule has 0 fully saturated rings. The molecule has 0 aliphatic heterocycles. The van der Waals surface area contributed by atoms with E-state index in [1.54, 1.807) is 38.1 Å². The minimum Gasteiger partial charge on any atom is -0.472 e. The highest BCUT2D eigenvalue weighted by molar-refractivity contribution is 6.45. The fraction of sp³-hybridized carbons (Fsp3) is 0.364. The van der Waals surface area contributed by atoms with Crippen molar-refractivity contribution in [2.75, 3.05) is 14.2 Å². The molecule has 0 saturated carbocycles. The fourth-order valence-electron chi connectivity index (χ4n) is 2.53. The summed E-state index contributed by atoms with van der Waals surface area (Å²) in [5.74, 6) is -1.12. The molecule has 172 valence electrons. The number of benzene rings is 1. The second kappa shape index (κ2) is 11.2. The van der Waals surface area contributed by atoms with Crippen LogP contribution in [0, 0.1) is 0 Å². The van der Waals surface area contributed by atoms with Gasteiger partial charge < -0.3 is 19.6 Å². The predicted molar refractivity (Wildman–Crippen MR) is 122 cm³/mol. The molecule has 10 heteroatoms. The summed E-state index contributed by atoms with van der Waals surface area (Å²) in [5.41, 5.74) is 0.514. The number of oxime groups is 1. The number of likely N-dealkylation sites (N-methyl/N-ethyl adjacent to an activating group) is 1. The van der Waals surface area contributed by atoms with Gasteiger partial charge >= 0.3 is 5.97 Å². The molecule has 0 saturated heterocycles. The minimum atomic E-state index is -0.688. The number of carbonyl (C=O) groups excluding carboxylic acids is 2. The Morgan fingerprint density at radius 1 is 1.19 bits per heavy atom. The molecule has 1 amide bonds. The van der Waals surface area contributed by atoms with E-state index < -0.39 is 17.5 Å². The molecule has 1 N–H and O–H groups in total. The highest BCUT2D eigenvalue weighted by Crippen LogP contribution is 2.30. The first-order valence-electron chi connectivity index (χ1n) is 9.77. The van der Waals surface area contributed by atoms with Crippen molar-refractivity contribution < 1.29 is 23.9 Å². The molecule has 0 aliphatic rings. The van der Waals surface area contributed by atoms with E-state index in [-0.39, 0.29) is 33.9 Å². The normalized spacial score (nSPS) is 11.7. The van der Waals surface area contributed by atoms with Gasteiger partial charge in [-0.3, -0.25) is 4.79 Å².